The highest BCUT2D eigenvalue weighted by Crippen LogP contribution is 2.20. The zero-order valence-electron chi connectivity index (χ0n) is 16.1. The van der Waals surface area contributed by atoms with Crippen LogP contribution in [0.15, 0.2) is 54.6 Å². The van der Waals surface area contributed by atoms with Crippen molar-refractivity contribution in [3.05, 3.63) is 70.3 Å². The topological polar surface area (TPSA) is 95.8 Å². The molecule has 1 heterocycles. The number of carbonyl (C=O) groups is 2. The second-order valence-electron chi connectivity index (χ2n) is 6.90. The first-order valence-electron chi connectivity index (χ1n) is 9.61. The molecule has 0 unspecified atom stereocenters. The molecular formula is C21H24N4O4. The number of carbonyl (C=O) groups excluding carboxylic acids is 2. The van der Waals surface area contributed by atoms with E-state index in [1.54, 1.807) is 17.0 Å². The standard InChI is InChI=1S/C21H24N4O4/c26-20(16-17-4-2-1-3-5-17)22-11-10-21(27)24-14-12-23(13-15-24)18-6-8-19(9-7-18)25(28)29/h1-9H,10-16H2,(H,22,26). The molecule has 0 atom stereocenters. The van der Waals surface area contributed by atoms with Crippen molar-refractivity contribution in [3.63, 3.8) is 0 Å². The summed E-state index contributed by atoms with van der Waals surface area (Å²) >= 11 is 0. The van der Waals surface area contributed by atoms with E-state index >= 15 is 0 Å². The molecule has 1 N–H and O–H groups in total. The minimum Gasteiger partial charge on any atom is -0.368 e. The van der Waals surface area contributed by atoms with Gasteiger partial charge in [0.05, 0.1) is 11.3 Å². The Hall–Kier alpha value is -3.42. The van der Waals surface area contributed by atoms with Gasteiger partial charge in [-0.2, -0.15) is 0 Å². The summed E-state index contributed by atoms with van der Waals surface area (Å²) in [6, 6.07) is 15.9. The number of rotatable bonds is 7. The van der Waals surface area contributed by atoms with Crippen LogP contribution in [0, 0.1) is 10.1 Å². The van der Waals surface area contributed by atoms with E-state index in [4.69, 9.17) is 0 Å². The molecule has 0 bridgehead atoms. The molecule has 8 heteroatoms. The highest BCUT2D eigenvalue weighted by Gasteiger charge is 2.21. The molecule has 0 aromatic heterocycles. The minimum atomic E-state index is -0.418. The largest absolute Gasteiger partial charge is 0.368 e. The Labute approximate surface area is 169 Å². The van der Waals surface area contributed by atoms with Crippen LogP contribution in [0.5, 0.6) is 0 Å². The highest BCUT2D eigenvalue weighted by atomic mass is 16.6. The highest BCUT2D eigenvalue weighted by molar-refractivity contribution is 5.80. The van der Waals surface area contributed by atoms with Crippen molar-refractivity contribution in [2.75, 3.05) is 37.6 Å². The summed E-state index contributed by atoms with van der Waals surface area (Å²) in [6.45, 7) is 2.85. The first-order valence-corrected chi connectivity index (χ1v) is 9.61. The van der Waals surface area contributed by atoms with Crippen LogP contribution in [-0.2, 0) is 16.0 Å². The molecular weight excluding hydrogens is 372 g/mol. The lowest BCUT2D eigenvalue weighted by molar-refractivity contribution is -0.384. The van der Waals surface area contributed by atoms with Gasteiger partial charge in [0.1, 0.15) is 0 Å². The molecule has 0 aliphatic carbocycles. The average Bonchev–Trinajstić information content (AvgIpc) is 2.74. The molecule has 0 spiro atoms. The number of benzene rings is 2. The van der Waals surface area contributed by atoms with E-state index in [9.17, 15) is 19.7 Å². The van der Waals surface area contributed by atoms with Crippen molar-refractivity contribution >= 4 is 23.2 Å². The molecule has 1 aliphatic heterocycles. The zero-order chi connectivity index (χ0) is 20.6. The fraction of sp³-hybridized carbons (Fsp3) is 0.333. The maximum Gasteiger partial charge on any atom is 0.269 e. The number of piperazine rings is 1. The van der Waals surface area contributed by atoms with Crippen LogP contribution in [0.4, 0.5) is 11.4 Å². The Morgan fingerprint density at radius 2 is 1.62 bits per heavy atom. The van der Waals surface area contributed by atoms with Gasteiger partial charge in [0.2, 0.25) is 11.8 Å². The molecule has 29 heavy (non-hydrogen) atoms. The summed E-state index contributed by atoms with van der Waals surface area (Å²) in [5, 5.41) is 13.5. The number of nitro benzene ring substituents is 1. The number of nitro groups is 1. The van der Waals surface area contributed by atoms with E-state index in [2.05, 4.69) is 10.2 Å². The predicted molar refractivity (Wildman–Crippen MR) is 110 cm³/mol. The summed E-state index contributed by atoms with van der Waals surface area (Å²) in [4.78, 5) is 38.6. The first kappa shape index (κ1) is 20.3. The Morgan fingerprint density at radius 1 is 0.966 bits per heavy atom. The summed E-state index contributed by atoms with van der Waals surface area (Å²) < 4.78 is 0. The Kier molecular flexibility index (Phi) is 6.78. The maximum absolute atomic E-state index is 12.4. The molecule has 0 radical (unpaired) electrons. The lowest BCUT2D eigenvalue weighted by Gasteiger charge is -2.36. The Bertz CT molecular complexity index is 847. The monoisotopic (exact) mass is 396 g/mol. The number of hydrogen-bond donors (Lipinski definition) is 1. The van der Waals surface area contributed by atoms with Crippen LogP contribution in [0.2, 0.25) is 0 Å². The van der Waals surface area contributed by atoms with Gasteiger partial charge in [-0.15, -0.1) is 0 Å². The minimum absolute atomic E-state index is 0.0216. The molecule has 2 amide bonds. The molecule has 3 rings (SSSR count). The smallest absolute Gasteiger partial charge is 0.269 e. The van der Waals surface area contributed by atoms with Gasteiger partial charge in [-0.25, -0.2) is 0 Å². The third-order valence-corrected chi connectivity index (χ3v) is 4.93. The average molecular weight is 396 g/mol. The van der Waals surface area contributed by atoms with Crippen LogP contribution in [0.25, 0.3) is 0 Å². The van der Waals surface area contributed by atoms with Crippen molar-refractivity contribution in [1.29, 1.82) is 0 Å². The molecule has 1 saturated heterocycles. The van der Waals surface area contributed by atoms with Crippen molar-refractivity contribution in [2.45, 2.75) is 12.8 Å². The van der Waals surface area contributed by atoms with Gasteiger partial charge in [-0.05, 0) is 17.7 Å². The molecule has 1 aliphatic rings. The fourth-order valence-electron chi connectivity index (χ4n) is 3.31. The molecule has 8 nitrogen and oxygen atoms in total. The van der Waals surface area contributed by atoms with E-state index in [0.29, 0.717) is 39.1 Å². The Balaban J connectivity index is 1.38. The quantitative estimate of drug-likeness (QED) is 0.570. The second kappa shape index (κ2) is 9.68. The molecule has 152 valence electrons. The number of nitrogens with one attached hydrogen (secondary N) is 1. The van der Waals surface area contributed by atoms with Crippen LogP contribution >= 0.6 is 0 Å². The Morgan fingerprint density at radius 3 is 2.24 bits per heavy atom. The third-order valence-electron chi connectivity index (χ3n) is 4.93. The lowest BCUT2D eigenvalue weighted by Crippen LogP contribution is -2.49. The number of anilines is 1. The number of hydrogen-bond acceptors (Lipinski definition) is 5. The van der Waals surface area contributed by atoms with E-state index in [1.165, 1.54) is 12.1 Å². The van der Waals surface area contributed by atoms with Crippen molar-refractivity contribution in [3.8, 4) is 0 Å². The predicted octanol–water partition coefficient (Wildman–Crippen LogP) is 1.99. The normalized spacial score (nSPS) is 13.8. The molecule has 2 aromatic rings. The van der Waals surface area contributed by atoms with Crippen molar-refractivity contribution in [2.24, 2.45) is 0 Å². The molecule has 0 saturated carbocycles. The number of amides is 2. The lowest BCUT2D eigenvalue weighted by atomic mass is 10.1. The van der Waals surface area contributed by atoms with Gasteiger partial charge in [0.15, 0.2) is 0 Å². The van der Waals surface area contributed by atoms with Crippen LogP contribution < -0.4 is 10.2 Å². The molecule has 1 fully saturated rings. The van der Waals surface area contributed by atoms with E-state index in [1.807, 2.05) is 30.3 Å². The van der Waals surface area contributed by atoms with Crippen molar-refractivity contribution in [1.82, 2.24) is 10.2 Å². The number of non-ortho nitro benzene ring substituents is 1. The zero-order valence-corrected chi connectivity index (χ0v) is 16.1. The summed E-state index contributed by atoms with van der Waals surface area (Å²) in [5.74, 6) is -0.0691. The van der Waals surface area contributed by atoms with Crippen LogP contribution in [0.3, 0.4) is 0 Å². The summed E-state index contributed by atoms with van der Waals surface area (Å²) in [6.07, 6.45) is 0.584. The summed E-state index contributed by atoms with van der Waals surface area (Å²) in [5.41, 5.74) is 1.92. The molecule has 2 aromatic carbocycles. The second-order valence-corrected chi connectivity index (χ2v) is 6.90. The van der Waals surface area contributed by atoms with Gasteiger partial charge >= 0.3 is 0 Å². The van der Waals surface area contributed by atoms with Crippen LogP contribution in [-0.4, -0.2) is 54.4 Å². The van der Waals surface area contributed by atoms with Gasteiger partial charge in [-0.1, -0.05) is 30.3 Å². The van der Waals surface area contributed by atoms with E-state index in [0.717, 1.165) is 11.3 Å². The first-order chi connectivity index (χ1) is 14.0. The summed E-state index contributed by atoms with van der Waals surface area (Å²) in [7, 11) is 0. The third kappa shape index (κ3) is 5.78. The van der Waals surface area contributed by atoms with Gasteiger partial charge in [0, 0.05) is 57.0 Å². The van der Waals surface area contributed by atoms with E-state index in [-0.39, 0.29) is 23.9 Å². The maximum atomic E-state index is 12.4. The van der Waals surface area contributed by atoms with Crippen LogP contribution in [0.1, 0.15) is 12.0 Å². The van der Waals surface area contributed by atoms with Gasteiger partial charge < -0.3 is 15.1 Å². The SMILES string of the molecule is O=C(Cc1ccccc1)NCCC(=O)N1CCN(c2ccc([N+](=O)[O-])cc2)CC1. The van der Waals surface area contributed by atoms with Gasteiger partial charge in [-0.3, -0.25) is 19.7 Å². The fourth-order valence-corrected chi connectivity index (χ4v) is 3.31. The van der Waals surface area contributed by atoms with E-state index < -0.39 is 4.92 Å². The van der Waals surface area contributed by atoms with Gasteiger partial charge in [0.25, 0.3) is 5.69 Å². The van der Waals surface area contributed by atoms with Crippen molar-refractivity contribution < 1.29 is 14.5 Å². The number of nitrogens with zero attached hydrogens (tertiary/aromatic N) is 3.